The lowest BCUT2D eigenvalue weighted by Gasteiger charge is -2.19. The fourth-order valence-corrected chi connectivity index (χ4v) is 2.53. The molecule has 0 aliphatic carbocycles. The Morgan fingerprint density at radius 1 is 1.22 bits per heavy atom. The van der Waals surface area contributed by atoms with Gasteiger partial charge in [0.1, 0.15) is 28.6 Å². The summed E-state index contributed by atoms with van der Waals surface area (Å²) in [4.78, 5) is 25.5. The summed E-state index contributed by atoms with van der Waals surface area (Å²) in [5.74, 6) is 0.737. The van der Waals surface area contributed by atoms with Gasteiger partial charge >= 0.3 is 5.97 Å². The highest BCUT2D eigenvalue weighted by molar-refractivity contribution is 5.97. The Balaban J connectivity index is 2.22. The van der Waals surface area contributed by atoms with E-state index in [9.17, 15) is 9.59 Å². The standard InChI is InChI=1S/C20H25NO6/c1-12(2)11-26-18-9-14(25-5)6-7-16(18)19(22)21(4)10-15-8-17(20(23)24)13(3)27-15/h6-9,12H,10-11H2,1-5H3,(H,23,24). The topological polar surface area (TPSA) is 89.2 Å². The maximum Gasteiger partial charge on any atom is 0.339 e. The van der Waals surface area contributed by atoms with E-state index in [1.54, 1.807) is 39.3 Å². The quantitative estimate of drug-likeness (QED) is 0.758. The SMILES string of the molecule is COc1ccc(C(=O)N(C)Cc2cc(C(=O)O)c(C)o2)c(OCC(C)C)c1. The van der Waals surface area contributed by atoms with Crippen molar-refractivity contribution in [3.63, 3.8) is 0 Å². The minimum Gasteiger partial charge on any atom is -0.497 e. The van der Waals surface area contributed by atoms with Gasteiger partial charge in [0.05, 0.1) is 25.8 Å². The van der Waals surface area contributed by atoms with E-state index < -0.39 is 5.97 Å². The van der Waals surface area contributed by atoms with Gasteiger partial charge in [-0.25, -0.2) is 4.79 Å². The number of amides is 1. The molecule has 146 valence electrons. The number of benzene rings is 1. The molecule has 0 unspecified atom stereocenters. The Labute approximate surface area is 158 Å². The van der Waals surface area contributed by atoms with Crippen LogP contribution in [0.5, 0.6) is 11.5 Å². The second kappa shape index (κ2) is 8.62. The Morgan fingerprint density at radius 3 is 2.48 bits per heavy atom. The number of aromatic carboxylic acids is 1. The second-order valence-corrected chi connectivity index (χ2v) is 6.72. The van der Waals surface area contributed by atoms with Crippen LogP contribution in [0, 0.1) is 12.8 Å². The number of furan rings is 1. The van der Waals surface area contributed by atoms with Crippen LogP contribution in [0.15, 0.2) is 28.7 Å². The number of carbonyl (C=O) groups is 2. The number of carbonyl (C=O) groups excluding carboxylic acids is 1. The monoisotopic (exact) mass is 375 g/mol. The zero-order valence-electron chi connectivity index (χ0n) is 16.2. The molecule has 0 bridgehead atoms. The molecule has 0 fully saturated rings. The van der Waals surface area contributed by atoms with E-state index in [0.29, 0.717) is 41.1 Å². The van der Waals surface area contributed by atoms with Crippen LogP contribution in [0.3, 0.4) is 0 Å². The molecule has 1 aromatic carbocycles. The average Bonchev–Trinajstić information content (AvgIpc) is 2.99. The molecule has 0 atom stereocenters. The van der Waals surface area contributed by atoms with E-state index in [-0.39, 0.29) is 18.0 Å². The van der Waals surface area contributed by atoms with Gasteiger partial charge < -0.3 is 23.9 Å². The Hall–Kier alpha value is -2.96. The minimum atomic E-state index is -1.06. The summed E-state index contributed by atoms with van der Waals surface area (Å²) < 4.78 is 16.5. The van der Waals surface area contributed by atoms with Gasteiger partial charge in [-0.05, 0) is 31.0 Å². The lowest BCUT2D eigenvalue weighted by Crippen LogP contribution is -2.26. The van der Waals surface area contributed by atoms with Crippen molar-refractivity contribution < 1.29 is 28.6 Å². The first-order chi connectivity index (χ1) is 12.7. The smallest absolute Gasteiger partial charge is 0.339 e. The van der Waals surface area contributed by atoms with Crippen LogP contribution in [0.25, 0.3) is 0 Å². The van der Waals surface area contributed by atoms with Crippen LogP contribution in [-0.4, -0.2) is 42.6 Å². The number of aryl methyl sites for hydroxylation is 1. The van der Waals surface area contributed by atoms with Gasteiger partial charge in [0.15, 0.2) is 0 Å². The number of rotatable bonds is 8. The van der Waals surface area contributed by atoms with Crippen molar-refractivity contribution in [2.45, 2.75) is 27.3 Å². The van der Waals surface area contributed by atoms with Crippen molar-refractivity contribution in [2.24, 2.45) is 5.92 Å². The van der Waals surface area contributed by atoms with E-state index in [4.69, 9.17) is 19.0 Å². The fraction of sp³-hybridized carbons (Fsp3) is 0.400. The highest BCUT2D eigenvalue weighted by atomic mass is 16.5. The molecular formula is C20H25NO6. The van der Waals surface area contributed by atoms with Crippen LogP contribution < -0.4 is 9.47 Å². The Morgan fingerprint density at radius 2 is 1.93 bits per heavy atom. The average molecular weight is 375 g/mol. The minimum absolute atomic E-state index is 0.0938. The fourth-order valence-electron chi connectivity index (χ4n) is 2.53. The van der Waals surface area contributed by atoms with E-state index in [1.165, 1.54) is 11.0 Å². The van der Waals surface area contributed by atoms with Gasteiger partial charge in [0, 0.05) is 13.1 Å². The van der Waals surface area contributed by atoms with E-state index in [1.807, 2.05) is 13.8 Å². The molecule has 0 radical (unpaired) electrons. The molecule has 2 rings (SSSR count). The summed E-state index contributed by atoms with van der Waals surface area (Å²) in [5, 5.41) is 9.12. The van der Waals surface area contributed by atoms with Crippen molar-refractivity contribution in [3.05, 3.63) is 46.9 Å². The molecule has 0 aliphatic heterocycles. The van der Waals surface area contributed by atoms with Gasteiger partial charge in [0.2, 0.25) is 0 Å². The van der Waals surface area contributed by atoms with Crippen LogP contribution in [-0.2, 0) is 6.54 Å². The Kier molecular flexibility index (Phi) is 6.50. The Bertz CT molecular complexity index is 824. The summed E-state index contributed by atoms with van der Waals surface area (Å²) in [5.41, 5.74) is 0.497. The van der Waals surface area contributed by atoms with Crippen molar-refractivity contribution in [2.75, 3.05) is 20.8 Å². The number of carboxylic acid groups (broad SMARTS) is 1. The molecular weight excluding hydrogens is 350 g/mol. The van der Waals surface area contributed by atoms with Crippen molar-refractivity contribution in [1.82, 2.24) is 4.90 Å². The van der Waals surface area contributed by atoms with Gasteiger partial charge in [-0.15, -0.1) is 0 Å². The summed E-state index contributed by atoms with van der Waals surface area (Å²) in [7, 11) is 3.17. The highest BCUT2D eigenvalue weighted by Crippen LogP contribution is 2.27. The van der Waals surface area contributed by atoms with Gasteiger partial charge in [0.25, 0.3) is 5.91 Å². The zero-order chi connectivity index (χ0) is 20.1. The van der Waals surface area contributed by atoms with Crippen LogP contribution in [0.4, 0.5) is 0 Å². The summed E-state index contributed by atoms with van der Waals surface area (Å²) in [6.07, 6.45) is 0. The number of ether oxygens (including phenoxy) is 2. The van der Waals surface area contributed by atoms with E-state index >= 15 is 0 Å². The molecule has 7 nitrogen and oxygen atoms in total. The first kappa shape index (κ1) is 20.4. The zero-order valence-corrected chi connectivity index (χ0v) is 16.2. The first-order valence-electron chi connectivity index (χ1n) is 8.61. The predicted molar refractivity (Wildman–Crippen MR) is 99.5 cm³/mol. The molecule has 27 heavy (non-hydrogen) atoms. The highest BCUT2D eigenvalue weighted by Gasteiger charge is 2.21. The maximum absolute atomic E-state index is 12.9. The number of nitrogens with zero attached hydrogens (tertiary/aromatic N) is 1. The molecule has 1 heterocycles. The van der Waals surface area contributed by atoms with Gasteiger partial charge in [-0.3, -0.25) is 4.79 Å². The lowest BCUT2D eigenvalue weighted by molar-refractivity contribution is 0.0694. The molecule has 0 saturated heterocycles. The molecule has 7 heteroatoms. The molecule has 0 saturated carbocycles. The maximum atomic E-state index is 12.9. The lowest BCUT2D eigenvalue weighted by atomic mass is 10.1. The molecule has 1 amide bonds. The molecule has 0 aliphatic rings. The number of hydrogen-bond donors (Lipinski definition) is 1. The third-order valence-electron chi connectivity index (χ3n) is 3.93. The molecule has 1 aromatic heterocycles. The third-order valence-corrected chi connectivity index (χ3v) is 3.93. The van der Waals surface area contributed by atoms with Crippen molar-refractivity contribution >= 4 is 11.9 Å². The number of methoxy groups -OCH3 is 1. The number of carboxylic acids is 1. The van der Waals surface area contributed by atoms with Crippen LogP contribution in [0.2, 0.25) is 0 Å². The van der Waals surface area contributed by atoms with Crippen LogP contribution >= 0.6 is 0 Å². The third kappa shape index (κ3) is 5.03. The molecule has 1 N–H and O–H groups in total. The van der Waals surface area contributed by atoms with Gasteiger partial charge in [-0.1, -0.05) is 13.8 Å². The first-order valence-corrected chi connectivity index (χ1v) is 8.61. The number of hydrogen-bond acceptors (Lipinski definition) is 5. The van der Waals surface area contributed by atoms with Crippen molar-refractivity contribution in [1.29, 1.82) is 0 Å². The van der Waals surface area contributed by atoms with Gasteiger partial charge in [-0.2, -0.15) is 0 Å². The largest absolute Gasteiger partial charge is 0.497 e. The molecule has 0 spiro atoms. The van der Waals surface area contributed by atoms with E-state index in [2.05, 4.69) is 0 Å². The molecule has 2 aromatic rings. The predicted octanol–water partition coefficient (Wildman–Crippen LogP) is 3.60. The van der Waals surface area contributed by atoms with E-state index in [0.717, 1.165) is 0 Å². The van der Waals surface area contributed by atoms with Crippen LogP contribution in [0.1, 0.15) is 46.1 Å². The summed E-state index contributed by atoms with van der Waals surface area (Å²) >= 11 is 0. The summed E-state index contributed by atoms with van der Waals surface area (Å²) in [6, 6.07) is 6.47. The normalized spacial score (nSPS) is 10.7. The van der Waals surface area contributed by atoms with Crippen molar-refractivity contribution in [3.8, 4) is 11.5 Å². The second-order valence-electron chi connectivity index (χ2n) is 6.72. The summed E-state index contributed by atoms with van der Waals surface area (Å²) in [6.45, 7) is 6.23.